The lowest BCUT2D eigenvalue weighted by atomic mass is 9.87. The van der Waals surface area contributed by atoms with Crippen molar-refractivity contribution in [2.45, 2.75) is 33.6 Å². The second-order valence-electron chi connectivity index (χ2n) is 4.72. The maximum atomic E-state index is 11.7. The molecule has 2 N–H and O–H groups in total. The number of carbonyl (C=O) groups excluding carboxylic acids is 1. The summed E-state index contributed by atoms with van der Waals surface area (Å²) < 4.78 is 0. The first-order valence-corrected chi connectivity index (χ1v) is 5.14. The molecule has 0 saturated heterocycles. The number of hydrogen-bond donors (Lipinski definition) is 1. The van der Waals surface area contributed by atoms with E-state index in [2.05, 4.69) is 4.98 Å². The normalized spacial score (nSPS) is 11.4. The first-order chi connectivity index (χ1) is 6.91. The van der Waals surface area contributed by atoms with E-state index in [1.54, 1.807) is 6.20 Å². The number of hydrogen-bond acceptors (Lipinski definition) is 3. The molecule has 0 aliphatic heterocycles. The average Bonchev–Trinajstić information content (AvgIpc) is 2.14. The molecule has 0 fully saturated rings. The number of carbonyl (C=O) groups is 1. The molecule has 15 heavy (non-hydrogen) atoms. The van der Waals surface area contributed by atoms with Gasteiger partial charge in [0.1, 0.15) is 11.6 Å². The molecule has 0 spiro atoms. The summed E-state index contributed by atoms with van der Waals surface area (Å²) in [6.07, 6.45) is 2.86. The number of ketones is 1. The molecular weight excluding hydrogens is 188 g/mol. The van der Waals surface area contributed by atoms with Crippen LogP contribution in [0.3, 0.4) is 0 Å². The Morgan fingerprint density at radius 2 is 2.13 bits per heavy atom. The van der Waals surface area contributed by atoms with Gasteiger partial charge in [-0.1, -0.05) is 26.8 Å². The summed E-state index contributed by atoms with van der Waals surface area (Å²) in [6, 6.07) is 3.76. The minimum atomic E-state index is -0.267. The van der Waals surface area contributed by atoms with Crippen LogP contribution >= 0.6 is 0 Å². The van der Waals surface area contributed by atoms with E-state index in [1.165, 1.54) is 0 Å². The van der Waals surface area contributed by atoms with E-state index in [9.17, 15) is 4.79 Å². The molecule has 82 valence electrons. The number of nitrogen functional groups attached to an aromatic ring is 1. The number of Topliss-reactive ketones (excluding diaryl/α,β-unsaturated/α-hetero) is 1. The van der Waals surface area contributed by atoms with Crippen LogP contribution in [-0.2, 0) is 11.2 Å². The Morgan fingerprint density at radius 1 is 1.47 bits per heavy atom. The van der Waals surface area contributed by atoms with Crippen LogP contribution in [0.25, 0.3) is 0 Å². The minimum Gasteiger partial charge on any atom is -0.383 e. The van der Waals surface area contributed by atoms with Crippen molar-refractivity contribution in [1.82, 2.24) is 4.98 Å². The van der Waals surface area contributed by atoms with Gasteiger partial charge in [-0.3, -0.25) is 4.79 Å². The third-order valence-electron chi connectivity index (χ3n) is 2.38. The lowest BCUT2D eigenvalue weighted by molar-refractivity contribution is -0.126. The molecule has 3 heteroatoms. The van der Waals surface area contributed by atoms with Gasteiger partial charge in [-0.05, 0) is 18.1 Å². The molecule has 0 aliphatic carbocycles. The van der Waals surface area contributed by atoms with E-state index in [4.69, 9.17) is 5.73 Å². The van der Waals surface area contributed by atoms with E-state index in [-0.39, 0.29) is 11.2 Å². The highest BCUT2D eigenvalue weighted by molar-refractivity contribution is 5.83. The molecule has 0 radical (unpaired) electrons. The van der Waals surface area contributed by atoms with Gasteiger partial charge in [-0.2, -0.15) is 0 Å². The van der Waals surface area contributed by atoms with Crippen molar-refractivity contribution in [3.8, 4) is 0 Å². The van der Waals surface area contributed by atoms with Crippen molar-refractivity contribution in [1.29, 1.82) is 0 Å². The molecular formula is C12H18N2O. The highest BCUT2D eigenvalue weighted by Gasteiger charge is 2.20. The predicted molar refractivity (Wildman–Crippen MR) is 61.4 cm³/mol. The minimum absolute atomic E-state index is 0.255. The summed E-state index contributed by atoms with van der Waals surface area (Å²) in [7, 11) is 0. The molecule has 1 rings (SSSR count). The topological polar surface area (TPSA) is 56.0 Å². The standard InChI is InChI=1S/C12H18N2O/c1-12(2,3)10(15)7-6-9-5-4-8-14-11(9)13/h4-5,8H,6-7H2,1-3H3,(H2,13,14). The molecule has 3 nitrogen and oxygen atoms in total. The fourth-order valence-corrected chi connectivity index (χ4v) is 1.29. The van der Waals surface area contributed by atoms with Crippen molar-refractivity contribution in [2.75, 3.05) is 5.73 Å². The number of aromatic nitrogens is 1. The number of anilines is 1. The SMILES string of the molecule is CC(C)(C)C(=O)CCc1cccnc1N. The fraction of sp³-hybridized carbons (Fsp3) is 0.500. The second-order valence-corrected chi connectivity index (χ2v) is 4.72. The number of nitrogens with zero attached hydrogens (tertiary/aromatic N) is 1. The van der Waals surface area contributed by atoms with Gasteiger partial charge in [0, 0.05) is 18.0 Å². The summed E-state index contributed by atoms with van der Waals surface area (Å²) in [4.78, 5) is 15.7. The summed E-state index contributed by atoms with van der Waals surface area (Å²) >= 11 is 0. The Morgan fingerprint density at radius 3 is 2.67 bits per heavy atom. The third kappa shape index (κ3) is 3.35. The lowest BCUT2D eigenvalue weighted by Gasteiger charge is -2.16. The molecule has 0 saturated carbocycles. The maximum absolute atomic E-state index is 11.7. The van der Waals surface area contributed by atoms with E-state index < -0.39 is 0 Å². The Kier molecular flexibility index (Phi) is 3.45. The van der Waals surface area contributed by atoms with Gasteiger partial charge in [0.05, 0.1) is 0 Å². The van der Waals surface area contributed by atoms with E-state index in [0.29, 0.717) is 18.7 Å². The number of pyridine rings is 1. The molecule has 0 atom stereocenters. The second kappa shape index (κ2) is 4.43. The average molecular weight is 206 g/mol. The molecule has 0 aliphatic rings. The maximum Gasteiger partial charge on any atom is 0.138 e. The van der Waals surface area contributed by atoms with Gasteiger partial charge in [-0.25, -0.2) is 4.98 Å². The smallest absolute Gasteiger partial charge is 0.138 e. The Hall–Kier alpha value is -1.38. The van der Waals surface area contributed by atoms with Gasteiger partial charge in [0.25, 0.3) is 0 Å². The highest BCUT2D eigenvalue weighted by atomic mass is 16.1. The van der Waals surface area contributed by atoms with Crippen molar-refractivity contribution in [3.05, 3.63) is 23.9 Å². The molecule has 1 heterocycles. The van der Waals surface area contributed by atoms with Crippen molar-refractivity contribution in [2.24, 2.45) is 5.41 Å². The third-order valence-corrected chi connectivity index (χ3v) is 2.38. The quantitative estimate of drug-likeness (QED) is 0.825. The summed E-state index contributed by atoms with van der Waals surface area (Å²) in [5.74, 6) is 0.782. The molecule has 1 aromatic rings. The molecule has 1 aromatic heterocycles. The first kappa shape index (κ1) is 11.7. The summed E-state index contributed by atoms with van der Waals surface area (Å²) in [6.45, 7) is 5.80. The lowest BCUT2D eigenvalue weighted by Crippen LogP contribution is -2.20. The first-order valence-electron chi connectivity index (χ1n) is 5.14. The largest absolute Gasteiger partial charge is 0.383 e. The van der Waals surface area contributed by atoms with E-state index in [0.717, 1.165) is 5.56 Å². The molecule has 0 unspecified atom stereocenters. The molecule has 0 amide bonds. The number of rotatable bonds is 3. The predicted octanol–water partition coefficient (Wildman–Crippen LogP) is 2.21. The van der Waals surface area contributed by atoms with Crippen LogP contribution in [0.4, 0.5) is 5.82 Å². The van der Waals surface area contributed by atoms with Crippen molar-refractivity contribution in [3.63, 3.8) is 0 Å². The van der Waals surface area contributed by atoms with E-state index >= 15 is 0 Å². The van der Waals surface area contributed by atoms with Gasteiger partial charge >= 0.3 is 0 Å². The zero-order chi connectivity index (χ0) is 11.5. The van der Waals surface area contributed by atoms with Gasteiger partial charge < -0.3 is 5.73 Å². The van der Waals surface area contributed by atoms with Crippen LogP contribution in [0, 0.1) is 5.41 Å². The molecule has 0 bridgehead atoms. The summed E-state index contributed by atoms with van der Waals surface area (Å²) in [5, 5.41) is 0. The molecule has 0 aromatic carbocycles. The Balaban J connectivity index is 2.59. The zero-order valence-electron chi connectivity index (χ0n) is 9.58. The van der Waals surface area contributed by atoms with Gasteiger partial charge in [0.2, 0.25) is 0 Å². The van der Waals surface area contributed by atoms with Crippen LogP contribution in [0.1, 0.15) is 32.8 Å². The van der Waals surface area contributed by atoms with Gasteiger partial charge in [-0.15, -0.1) is 0 Å². The van der Waals surface area contributed by atoms with Gasteiger partial charge in [0.15, 0.2) is 0 Å². The van der Waals surface area contributed by atoms with Crippen molar-refractivity contribution >= 4 is 11.6 Å². The van der Waals surface area contributed by atoms with Crippen LogP contribution in [0.15, 0.2) is 18.3 Å². The van der Waals surface area contributed by atoms with Crippen LogP contribution in [0.2, 0.25) is 0 Å². The van der Waals surface area contributed by atoms with Crippen LogP contribution in [-0.4, -0.2) is 10.8 Å². The zero-order valence-corrected chi connectivity index (χ0v) is 9.58. The van der Waals surface area contributed by atoms with E-state index in [1.807, 2.05) is 32.9 Å². The van der Waals surface area contributed by atoms with Crippen LogP contribution < -0.4 is 5.73 Å². The highest BCUT2D eigenvalue weighted by Crippen LogP contribution is 2.19. The Labute approximate surface area is 90.7 Å². The monoisotopic (exact) mass is 206 g/mol. The number of nitrogens with two attached hydrogens (primary N) is 1. The number of aryl methyl sites for hydroxylation is 1. The van der Waals surface area contributed by atoms with Crippen molar-refractivity contribution < 1.29 is 4.79 Å². The van der Waals surface area contributed by atoms with Crippen LogP contribution in [0.5, 0.6) is 0 Å². The Bertz CT molecular complexity index is 353. The fourth-order valence-electron chi connectivity index (χ4n) is 1.29. The summed E-state index contributed by atoms with van der Waals surface area (Å²) in [5.41, 5.74) is 6.38.